The van der Waals surface area contributed by atoms with Gasteiger partial charge in [0.15, 0.2) is 5.78 Å². The van der Waals surface area contributed by atoms with Crippen LogP contribution in [0.3, 0.4) is 0 Å². The van der Waals surface area contributed by atoms with Crippen LogP contribution in [-0.4, -0.2) is 39.8 Å². The Kier molecular flexibility index (Phi) is 5.51. The second-order valence-corrected chi connectivity index (χ2v) is 5.72. The van der Waals surface area contributed by atoms with Gasteiger partial charge < -0.3 is 13.7 Å². The molecule has 1 heterocycles. The number of carbonyl (C=O) groups is 1. The van der Waals surface area contributed by atoms with E-state index in [1.165, 1.54) is 7.11 Å². The fourth-order valence-electron chi connectivity index (χ4n) is 2.42. The van der Waals surface area contributed by atoms with Crippen LogP contribution in [0.15, 0.2) is 12.7 Å². The van der Waals surface area contributed by atoms with Crippen molar-refractivity contribution in [3.8, 4) is 0 Å². The van der Waals surface area contributed by atoms with E-state index in [0.717, 1.165) is 19.0 Å². The fourth-order valence-corrected chi connectivity index (χ4v) is 2.78. The summed E-state index contributed by atoms with van der Waals surface area (Å²) in [5, 5.41) is 0. The van der Waals surface area contributed by atoms with E-state index in [1.54, 1.807) is 6.08 Å². The third kappa shape index (κ3) is 3.43. The minimum Gasteiger partial charge on any atom is -0.346 e. The Labute approximate surface area is 122 Å². The number of methoxy groups -OCH3 is 1. The monoisotopic (exact) mass is 287 g/mol. The van der Waals surface area contributed by atoms with Crippen molar-refractivity contribution in [3.05, 3.63) is 12.7 Å². The Bertz CT molecular complexity index is 353. The van der Waals surface area contributed by atoms with Crippen LogP contribution in [0.25, 0.3) is 0 Å². The first-order valence-electron chi connectivity index (χ1n) is 6.86. The van der Waals surface area contributed by atoms with Crippen molar-refractivity contribution in [1.29, 1.82) is 1.34 Å². The van der Waals surface area contributed by atoms with Crippen LogP contribution < -0.4 is 0 Å². The van der Waals surface area contributed by atoms with E-state index in [4.69, 9.17) is 15.0 Å². The van der Waals surface area contributed by atoms with E-state index in [1.807, 2.05) is 13.8 Å². The van der Waals surface area contributed by atoms with Crippen LogP contribution in [0.4, 0.5) is 0 Å². The Hall–Kier alpha value is -0.295. The second kappa shape index (κ2) is 6.93. The molecule has 1 aliphatic heterocycles. The number of hydrogen-bond acceptors (Lipinski definition) is 5. The van der Waals surface area contributed by atoms with Gasteiger partial charge in [0.05, 0.1) is 18.1 Å². The maximum atomic E-state index is 12.4. The zero-order chi connectivity index (χ0) is 15.2. The van der Waals surface area contributed by atoms with Crippen molar-refractivity contribution in [2.24, 2.45) is 5.41 Å². The summed E-state index contributed by atoms with van der Waals surface area (Å²) in [6, 6.07) is 0. The molecule has 6 heteroatoms. The minimum atomic E-state index is -1.30. The molecule has 0 amide bonds. The van der Waals surface area contributed by atoms with Gasteiger partial charge in [-0.05, 0) is 14.2 Å². The third-order valence-corrected chi connectivity index (χ3v) is 3.74. The molecule has 1 rings (SSSR count). The Morgan fingerprint density at radius 3 is 3.11 bits per heavy atom. The lowest BCUT2D eigenvalue weighted by Crippen LogP contribution is -2.60. The molecular formula is C13H22BO4S. The zero-order valence-electron chi connectivity index (χ0n) is 12.8. The molecule has 0 bridgehead atoms. The van der Waals surface area contributed by atoms with Crippen LogP contribution in [0.1, 0.15) is 33.1 Å². The van der Waals surface area contributed by atoms with Crippen molar-refractivity contribution in [3.63, 3.8) is 0 Å². The second-order valence-electron chi connectivity index (χ2n) is 5.29. The lowest BCUT2D eigenvalue weighted by molar-refractivity contribution is -0.294. The Balaban J connectivity index is 2.90. The maximum absolute atomic E-state index is 12.4. The fraction of sp³-hybridized carbons (Fsp3) is 0.769. The molecular weight excluding hydrogens is 263 g/mol. The smallest absolute Gasteiger partial charge is 0.236 e. The average molecular weight is 287 g/mol. The molecule has 0 unspecified atom stereocenters. The molecule has 0 aromatic heterocycles. The highest BCUT2D eigenvalue weighted by atomic mass is 32.2. The lowest BCUT2D eigenvalue weighted by Gasteiger charge is -2.47. The van der Waals surface area contributed by atoms with Crippen LogP contribution in [0.2, 0.25) is 0 Å². The molecule has 0 spiro atoms. The molecule has 4 nitrogen and oxygen atoms in total. The number of Topliss-reactive ketones (excluding diaryl/α,β-unsaturated/α-hetero) is 1. The summed E-state index contributed by atoms with van der Waals surface area (Å²) in [4.78, 5) is 12.4. The van der Waals surface area contributed by atoms with E-state index in [0.29, 0.717) is 19.3 Å². The molecule has 1 saturated heterocycles. The minimum absolute atomic E-state index is 0.0613. The summed E-state index contributed by atoms with van der Waals surface area (Å²) in [5.41, 5.74) is -0.658. The standard InChI is InChI=1S/C13H22BO4S/c1-5-6-10-7-8-11(15)13(16-4,18-10)12(2,3)9-17-19-14/h5,10,14H,1,6-9H2,2-4H3/t10-,13-/m1/s1/i14T. The molecule has 0 saturated carbocycles. The van der Waals surface area contributed by atoms with Crippen molar-refractivity contribution in [2.75, 3.05) is 13.7 Å². The molecule has 1 aliphatic rings. The molecule has 0 aliphatic carbocycles. The van der Waals surface area contributed by atoms with Crippen LogP contribution >= 0.6 is 11.9 Å². The zero-order valence-corrected chi connectivity index (χ0v) is 12.6. The highest BCUT2D eigenvalue weighted by molar-refractivity contribution is 8.15. The molecule has 107 valence electrons. The van der Waals surface area contributed by atoms with Gasteiger partial charge in [-0.1, -0.05) is 31.8 Å². The van der Waals surface area contributed by atoms with E-state index in [2.05, 4.69) is 6.58 Å². The average Bonchev–Trinajstić information content (AvgIpc) is 2.41. The van der Waals surface area contributed by atoms with Gasteiger partial charge in [-0.3, -0.25) is 4.79 Å². The molecule has 2 atom stereocenters. The van der Waals surface area contributed by atoms with E-state index < -0.39 is 11.2 Å². The first kappa shape index (κ1) is 15.1. The largest absolute Gasteiger partial charge is 0.346 e. The number of rotatable bonds is 8. The van der Waals surface area contributed by atoms with E-state index >= 15 is 0 Å². The Morgan fingerprint density at radius 2 is 2.53 bits per heavy atom. The Morgan fingerprint density at radius 1 is 1.79 bits per heavy atom. The number of ketones is 1. The lowest BCUT2D eigenvalue weighted by atomic mass is 9.78. The molecule has 19 heavy (non-hydrogen) atoms. The topological polar surface area (TPSA) is 44.8 Å². The first-order valence-corrected chi connectivity index (χ1v) is 7.09. The number of carbonyl (C=O) groups excluding carboxylic acids is 1. The molecule has 1 fully saturated rings. The van der Waals surface area contributed by atoms with Crippen LogP contribution in [0, 0.1) is 5.41 Å². The highest BCUT2D eigenvalue weighted by Gasteiger charge is 2.55. The van der Waals surface area contributed by atoms with Crippen molar-refractivity contribution < 1.29 is 18.5 Å². The van der Waals surface area contributed by atoms with Gasteiger partial charge in [0.2, 0.25) is 12.9 Å². The van der Waals surface area contributed by atoms with Gasteiger partial charge in [0.1, 0.15) is 0 Å². The molecule has 0 N–H and O–H groups in total. The maximum Gasteiger partial charge on any atom is 0.236 e. The SMILES string of the molecule is [3H][B]SOCC(C)(C)[C@]1(OC)O[C@H](CC=C)CCC1=O. The van der Waals surface area contributed by atoms with Gasteiger partial charge in [-0.2, -0.15) is 0 Å². The number of ether oxygens (including phenoxy) is 2. The van der Waals surface area contributed by atoms with Crippen molar-refractivity contribution >= 4 is 24.8 Å². The van der Waals surface area contributed by atoms with Gasteiger partial charge >= 0.3 is 0 Å². The molecule has 0 aromatic carbocycles. The third-order valence-electron chi connectivity index (χ3n) is 3.49. The van der Waals surface area contributed by atoms with E-state index in [9.17, 15) is 4.79 Å². The molecule has 1 radical (unpaired) electrons. The summed E-state index contributed by atoms with van der Waals surface area (Å²) in [6.07, 6.45) is 3.51. The number of hydrogen-bond donors (Lipinski definition) is 0. The summed E-state index contributed by atoms with van der Waals surface area (Å²) >= 11 is 0.924. The van der Waals surface area contributed by atoms with Gasteiger partial charge in [-0.15, -0.1) is 6.58 Å². The van der Waals surface area contributed by atoms with Crippen molar-refractivity contribution in [1.82, 2.24) is 0 Å². The summed E-state index contributed by atoms with van der Waals surface area (Å²) in [7, 11) is 2.58. The van der Waals surface area contributed by atoms with Crippen molar-refractivity contribution in [2.45, 2.75) is 45.0 Å². The normalized spacial score (nSPS) is 28.9. The predicted molar refractivity (Wildman–Crippen MR) is 78.1 cm³/mol. The van der Waals surface area contributed by atoms with Gasteiger partial charge in [-0.25, -0.2) is 0 Å². The van der Waals surface area contributed by atoms with E-state index in [-0.39, 0.29) is 18.5 Å². The van der Waals surface area contributed by atoms with Gasteiger partial charge in [0.25, 0.3) is 0 Å². The summed E-state index contributed by atoms with van der Waals surface area (Å²) in [6.45, 7) is 7.70. The quantitative estimate of drug-likeness (QED) is 0.296. The van der Waals surface area contributed by atoms with Crippen LogP contribution in [0.5, 0.6) is 0 Å². The van der Waals surface area contributed by atoms with Gasteiger partial charge in [0, 0.05) is 13.5 Å². The molecule has 0 aromatic rings. The summed E-state index contributed by atoms with van der Waals surface area (Å²) < 4.78 is 23.8. The predicted octanol–water partition coefficient (Wildman–Crippen LogP) is 2.16. The highest BCUT2D eigenvalue weighted by Crippen LogP contribution is 2.42. The summed E-state index contributed by atoms with van der Waals surface area (Å²) in [5.74, 6) is -1.37. The van der Waals surface area contributed by atoms with Crippen LogP contribution in [-0.2, 0) is 18.5 Å². The first-order chi connectivity index (χ1) is 9.43.